The van der Waals surface area contributed by atoms with Crippen molar-refractivity contribution in [3.05, 3.63) is 47.5 Å². The summed E-state index contributed by atoms with van der Waals surface area (Å²) in [5.74, 6) is 0.981. The predicted molar refractivity (Wildman–Crippen MR) is 263 cm³/mol. The van der Waals surface area contributed by atoms with E-state index in [4.69, 9.17) is 9.59 Å². The molecule has 0 aliphatic heterocycles. The van der Waals surface area contributed by atoms with Crippen LogP contribution in [0.4, 0.5) is 47.1 Å². The minimum atomic E-state index is -4.81. The number of aliphatic hydroxyl groups excluding tert-OH is 4. The van der Waals surface area contributed by atoms with E-state index in [9.17, 15) is 33.4 Å². The molecule has 0 spiro atoms. The lowest BCUT2D eigenvalue weighted by molar-refractivity contribution is -0.432. The highest BCUT2D eigenvalue weighted by Crippen LogP contribution is 2.32. The normalized spacial score (nSPS) is 13.7. The molecule has 0 saturated carbocycles. The van der Waals surface area contributed by atoms with Gasteiger partial charge in [0.2, 0.25) is 35.7 Å². The van der Waals surface area contributed by atoms with Gasteiger partial charge in [0.15, 0.2) is 0 Å². The number of benzene rings is 2. The zero-order valence-corrected chi connectivity index (χ0v) is 41.2. The Kier molecular flexibility index (Phi) is 22.2. The van der Waals surface area contributed by atoms with E-state index >= 15 is 0 Å². The Bertz CT molecular complexity index is 2310. The van der Waals surface area contributed by atoms with Crippen LogP contribution in [0.25, 0.3) is 12.2 Å². The molecule has 0 aliphatic carbocycles. The number of hydrogen-bond donors (Lipinski definition) is 10. The second-order valence-electron chi connectivity index (χ2n) is 16.7. The number of nitrogens with one attached hydrogen (secondary N) is 4. The van der Waals surface area contributed by atoms with E-state index in [0.717, 1.165) is 25.9 Å². The molecule has 0 radical (unpaired) electrons. The van der Waals surface area contributed by atoms with E-state index in [1.54, 1.807) is 67.8 Å². The minimum Gasteiger partial charge on any atom is -0.392 e. The zero-order valence-electron chi connectivity index (χ0n) is 39.6. The molecule has 2 aromatic carbocycles. The number of nitrogens with zero attached hydrogens (tertiary/aromatic N) is 10. The first-order valence-electron chi connectivity index (χ1n) is 21.8. The molecule has 0 fully saturated rings. The lowest BCUT2D eigenvalue weighted by atomic mass is 10.1. The van der Waals surface area contributed by atoms with Crippen LogP contribution in [0, 0.1) is 0 Å². The summed E-state index contributed by atoms with van der Waals surface area (Å²) < 4.78 is 40.9. The van der Waals surface area contributed by atoms with Crippen LogP contribution in [0.2, 0.25) is 0 Å². The lowest BCUT2D eigenvalue weighted by Gasteiger charge is -2.26. The number of aliphatic hydroxyl groups is 4. The summed E-state index contributed by atoms with van der Waals surface area (Å²) in [5, 5.41) is 66.4. The first-order valence-corrected chi connectivity index (χ1v) is 24.0. The van der Waals surface area contributed by atoms with Crippen molar-refractivity contribution in [2.24, 2.45) is 0 Å². The van der Waals surface area contributed by atoms with E-state index in [2.05, 4.69) is 61.1 Å². The van der Waals surface area contributed by atoms with Gasteiger partial charge in [0.25, 0.3) is 10.1 Å². The average molecular weight is 991 g/mol. The molecule has 376 valence electrons. The summed E-state index contributed by atoms with van der Waals surface area (Å²) in [6.45, 7) is 9.62. The first kappa shape index (κ1) is 55.5. The van der Waals surface area contributed by atoms with Crippen LogP contribution in [-0.4, -0.2) is 183 Å². The zero-order chi connectivity index (χ0) is 50.0. The molecule has 0 bridgehead atoms. The van der Waals surface area contributed by atoms with Crippen molar-refractivity contribution in [1.29, 1.82) is 0 Å². The van der Waals surface area contributed by atoms with Crippen LogP contribution in [-0.2, 0) is 19.5 Å². The third kappa shape index (κ3) is 19.5. The summed E-state index contributed by atoms with van der Waals surface area (Å²) in [6.07, 6.45) is 1.51. The molecule has 4 aromatic rings. The van der Waals surface area contributed by atoms with E-state index in [1.165, 1.54) is 18.2 Å². The molecular formula is C42H66N14O10S2. The van der Waals surface area contributed by atoms with Gasteiger partial charge in [-0.15, -0.1) is 4.33 Å². The fourth-order valence-corrected chi connectivity index (χ4v) is 7.73. The molecule has 4 atom stereocenters. The Morgan fingerprint density at radius 2 is 1.04 bits per heavy atom. The highest BCUT2D eigenvalue weighted by Gasteiger charge is 2.21. The van der Waals surface area contributed by atoms with Gasteiger partial charge >= 0.3 is 0 Å². The molecule has 0 amide bonds. The highest BCUT2D eigenvalue weighted by molar-refractivity contribution is 7.94. The third-order valence-electron chi connectivity index (χ3n) is 9.30. The van der Waals surface area contributed by atoms with Gasteiger partial charge < -0.3 is 61.3 Å². The maximum atomic E-state index is 12.8. The number of rotatable bonds is 30. The van der Waals surface area contributed by atoms with E-state index < -0.39 is 39.4 Å². The van der Waals surface area contributed by atoms with Crippen molar-refractivity contribution in [1.82, 2.24) is 39.7 Å². The minimum absolute atomic E-state index is 0.0232. The van der Waals surface area contributed by atoms with Crippen molar-refractivity contribution < 1.29 is 48.0 Å². The van der Waals surface area contributed by atoms with Gasteiger partial charge in [-0.3, -0.25) is 4.55 Å². The van der Waals surface area contributed by atoms with Crippen LogP contribution < -0.4 is 31.1 Å². The Morgan fingerprint density at radius 3 is 1.46 bits per heavy atom. The fraction of sp³-hybridized carbons (Fsp3) is 0.524. The SMILES string of the molecule is CC(O)CN(CC(C)O)c1nc(NCCCN(C)C)nc(Nc2ccc(C=Cc3ccc(Nc4nc(NCCCN(C)C)nc(N(CC(C)O)CC(C)O)n4)cc3S(=O)(=O)O)c(SOOO)c2)n1. The third-order valence-corrected chi connectivity index (χ3v) is 10.9. The van der Waals surface area contributed by atoms with Gasteiger partial charge in [-0.25, -0.2) is 5.26 Å². The van der Waals surface area contributed by atoms with Gasteiger partial charge in [0, 0.05) is 55.5 Å². The smallest absolute Gasteiger partial charge is 0.295 e. The molecule has 0 aliphatic rings. The standard InChI is InChI=1S/C42H66N14O10S2/c1-27(57)23-55(24-28(2)58)41-49-37(43-17-9-19-53(5)6)47-39(51-41)45-33-15-13-31(35(21-33)67-66-65-61)11-12-32-14-16-34(22-36(32)68(62,63)64)46-40-48-38(44-18-10-20-54(7)8)50-42(52-40)56(25-29(3)59)26-30(4)60/h11-16,21-22,27-30,57-61H,9-10,17-20,23-26H2,1-8H3,(H,62,63,64)(H2,43,45,47,49,51)(H2,44,46,48,50,52). The summed E-state index contributed by atoms with van der Waals surface area (Å²) in [7, 11) is 3.06. The molecule has 24 nitrogen and oxygen atoms in total. The van der Waals surface area contributed by atoms with Crippen molar-refractivity contribution in [3.8, 4) is 0 Å². The van der Waals surface area contributed by atoms with Crippen molar-refractivity contribution in [2.45, 2.75) is 74.7 Å². The Morgan fingerprint density at radius 1 is 0.632 bits per heavy atom. The Balaban J connectivity index is 1.68. The second kappa shape index (κ2) is 27.2. The first-order chi connectivity index (χ1) is 32.2. The molecule has 4 unspecified atom stereocenters. The summed E-state index contributed by atoms with van der Waals surface area (Å²) in [5.41, 5.74) is 1.25. The molecule has 2 aromatic heterocycles. The van der Waals surface area contributed by atoms with E-state index in [1.807, 2.05) is 33.1 Å². The van der Waals surface area contributed by atoms with Crippen LogP contribution in [0.5, 0.6) is 0 Å². The monoisotopic (exact) mass is 990 g/mol. The molecule has 2 heterocycles. The van der Waals surface area contributed by atoms with Crippen LogP contribution in [0.3, 0.4) is 0 Å². The maximum absolute atomic E-state index is 12.8. The van der Waals surface area contributed by atoms with Crippen molar-refractivity contribution in [3.63, 3.8) is 0 Å². The number of hydrogen-bond acceptors (Lipinski definition) is 24. The summed E-state index contributed by atoms with van der Waals surface area (Å²) in [6, 6.07) is 9.24. The fourth-order valence-electron chi connectivity index (χ4n) is 6.51. The molecule has 68 heavy (non-hydrogen) atoms. The number of aromatic nitrogens is 6. The van der Waals surface area contributed by atoms with Crippen molar-refractivity contribution in [2.75, 3.05) is 112 Å². The van der Waals surface area contributed by atoms with E-state index in [0.29, 0.717) is 41.3 Å². The average Bonchev–Trinajstić information content (AvgIpc) is 3.24. The van der Waals surface area contributed by atoms with Gasteiger partial charge in [0.1, 0.15) is 4.90 Å². The number of anilines is 8. The lowest BCUT2D eigenvalue weighted by Crippen LogP contribution is -2.37. The van der Waals surface area contributed by atoms with Gasteiger partial charge in [-0.2, -0.15) is 38.3 Å². The van der Waals surface area contributed by atoms with Crippen LogP contribution in [0.1, 0.15) is 51.7 Å². The quantitative estimate of drug-likeness (QED) is 0.00895. The molecule has 4 rings (SSSR count). The Labute approximate surface area is 401 Å². The summed E-state index contributed by atoms with van der Waals surface area (Å²) in [4.78, 5) is 34.5. The van der Waals surface area contributed by atoms with Crippen molar-refractivity contribution >= 4 is 81.4 Å². The molecule has 0 saturated heterocycles. The summed E-state index contributed by atoms with van der Waals surface area (Å²) >= 11 is 0.647. The van der Waals surface area contributed by atoms with Crippen LogP contribution in [0.15, 0.2) is 46.2 Å². The van der Waals surface area contributed by atoms with Gasteiger partial charge in [-0.05, 0) is 117 Å². The second-order valence-corrected chi connectivity index (χ2v) is 18.9. The molecular weight excluding hydrogens is 925 g/mol. The topological polar surface area (TPSA) is 312 Å². The predicted octanol–water partition coefficient (Wildman–Crippen LogP) is 3.25. The van der Waals surface area contributed by atoms with Gasteiger partial charge in [-0.1, -0.05) is 29.3 Å². The Hall–Kier alpha value is -5.10. The van der Waals surface area contributed by atoms with Crippen LogP contribution >= 0.6 is 12.0 Å². The van der Waals surface area contributed by atoms with E-state index in [-0.39, 0.29) is 73.1 Å². The molecule has 26 heteroatoms. The highest BCUT2D eigenvalue weighted by atomic mass is 32.2. The van der Waals surface area contributed by atoms with Gasteiger partial charge in [0.05, 0.1) is 36.5 Å². The largest absolute Gasteiger partial charge is 0.392 e. The maximum Gasteiger partial charge on any atom is 0.295 e. The molecule has 10 N–H and O–H groups in total.